The third-order valence-electron chi connectivity index (χ3n) is 5.91. The van der Waals surface area contributed by atoms with E-state index >= 15 is 0 Å². The highest BCUT2D eigenvalue weighted by Gasteiger charge is 2.29. The molecule has 1 saturated heterocycles. The summed E-state index contributed by atoms with van der Waals surface area (Å²) in [4.78, 5) is 0. The molecule has 6 nitrogen and oxygen atoms in total. The van der Waals surface area contributed by atoms with Gasteiger partial charge in [-0.1, -0.05) is 30.3 Å². The van der Waals surface area contributed by atoms with Crippen molar-refractivity contribution in [2.45, 2.75) is 37.9 Å². The summed E-state index contributed by atoms with van der Waals surface area (Å²) in [7, 11) is -1.60. The number of anilines is 1. The molecule has 2 atom stereocenters. The summed E-state index contributed by atoms with van der Waals surface area (Å²) in [5.74, 6) is 0.812. The van der Waals surface area contributed by atoms with Crippen molar-refractivity contribution in [1.29, 1.82) is 0 Å². The van der Waals surface area contributed by atoms with Gasteiger partial charge in [0.05, 0.1) is 19.1 Å². The van der Waals surface area contributed by atoms with Gasteiger partial charge in [-0.25, -0.2) is 8.42 Å². The number of nitrogens with zero attached hydrogens (tertiary/aromatic N) is 1. The van der Waals surface area contributed by atoms with Gasteiger partial charge in [0.15, 0.2) is 0 Å². The lowest BCUT2D eigenvalue weighted by molar-refractivity contribution is 0.303. The summed E-state index contributed by atoms with van der Waals surface area (Å²) >= 11 is 0. The van der Waals surface area contributed by atoms with Crippen molar-refractivity contribution in [1.82, 2.24) is 10.6 Å². The van der Waals surface area contributed by atoms with Crippen LogP contribution in [-0.2, 0) is 23.0 Å². The van der Waals surface area contributed by atoms with Crippen LogP contribution in [0.25, 0.3) is 0 Å². The predicted molar refractivity (Wildman–Crippen MR) is 130 cm³/mol. The van der Waals surface area contributed by atoms with Crippen molar-refractivity contribution in [2.24, 2.45) is 0 Å². The lowest BCUT2D eigenvalue weighted by Gasteiger charge is -2.34. The minimum absolute atomic E-state index is 0. The molecule has 2 heterocycles. The maximum absolute atomic E-state index is 12.1. The molecule has 2 aliphatic rings. The maximum Gasteiger partial charge on any atom is 0.232 e. The van der Waals surface area contributed by atoms with E-state index < -0.39 is 10.0 Å². The van der Waals surface area contributed by atoms with Gasteiger partial charge in [-0.05, 0) is 49.1 Å². The van der Waals surface area contributed by atoms with Crippen LogP contribution in [0.4, 0.5) is 5.69 Å². The van der Waals surface area contributed by atoms with Crippen LogP contribution in [0.15, 0.2) is 42.5 Å². The zero-order chi connectivity index (χ0) is 20.4. The molecule has 0 radical (unpaired) electrons. The van der Waals surface area contributed by atoms with Crippen molar-refractivity contribution >= 4 is 40.5 Å². The van der Waals surface area contributed by atoms with Crippen molar-refractivity contribution < 1.29 is 13.2 Å². The summed E-state index contributed by atoms with van der Waals surface area (Å²) in [6.07, 6.45) is 4.21. The number of hydrogen-bond donors (Lipinski definition) is 2. The van der Waals surface area contributed by atoms with Gasteiger partial charge < -0.3 is 15.4 Å². The molecule has 0 aliphatic carbocycles. The molecule has 4 rings (SSSR count). The number of benzene rings is 2. The molecule has 0 spiro atoms. The Morgan fingerprint density at radius 3 is 2.61 bits per heavy atom. The number of piperidine rings is 1. The van der Waals surface area contributed by atoms with Crippen LogP contribution in [-0.4, -0.2) is 40.9 Å². The number of halogens is 2. The van der Waals surface area contributed by atoms with Crippen LogP contribution in [0.5, 0.6) is 5.75 Å². The van der Waals surface area contributed by atoms with E-state index in [2.05, 4.69) is 34.9 Å². The number of rotatable bonds is 6. The van der Waals surface area contributed by atoms with Crippen LogP contribution in [0, 0.1) is 0 Å². The van der Waals surface area contributed by atoms with Crippen LogP contribution < -0.4 is 19.7 Å². The predicted octanol–water partition coefficient (Wildman–Crippen LogP) is 3.44. The third-order valence-corrected chi connectivity index (χ3v) is 7.09. The number of fused-ring (bicyclic) bond motifs is 1. The second kappa shape index (κ2) is 10.9. The number of methoxy groups -OCH3 is 1. The molecule has 172 valence electrons. The molecule has 0 unspecified atom stereocenters. The van der Waals surface area contributed by atoms with E-state index in [1.165, 1.54) is 16.1 Å². The highest BCUT2D eigenvalue weighted by Crippen LogP contribution is 2.36. The second-order valence-corrected chi connectivity index (χ2v) is 9.76. The number of ether oxygens (including phenoxy) is 1. The van der Waals surface area contributed by atoms with Crippen molar-refractivity contribution in [3.63, 3.8) is 0 Å². The molecule has 9 heteroatoms. The van der Waals surface area contributed by atoms with Crippen LogP contribution in [0.1, 0.15) is 35.6 Å². The molecule has 0 saturated carbocycles. The quantitative estimate of drug-likeness (QED) is 0.652. The normalized spacial score (nSPS) is 20.4. The lowest BCUT2D eigenvalue weighted by atomic mass is 9.92. The molecule has 1 fully saturated rings. The fourth-order valence-corrected chi connectivity index (χ4v) is 5.41. The molecular weight excluding hydrogens is 457 g/mol. The molecule has 31 heavy (non-hydrogen) atoms. The Morgan fingerprint density at radius 1 is 1.19 bits per heavy atom. The van der Waals surface area contributed by atoms with Crippen LogP contribution in [0.2, 0.25) is 0 Å². The SMILES string of the molecule is COc1cc2c(cc1CN[C@@H]1CCCN[C@@H]1c1ccccc1)N(S(C)(=O)=O)CC2.Cl.Cl. The Kier molecular flexibility index (Phi) is 9.03. The topological polar surface area (TPSA) is 70.7 Å². The zero-order valence-electron chi connectivity index (χ0n) is 17.8. The smallest absolute Gasteiger partial charge is 0.232 e. The van der Waals surface area contributed by atoms with E-state index in [9.17, 15) is 8.42 Å². The molecule has 2 aromatic rings. The van der Waals surface area contributed by atoms with Gasteiger partial charge in [-0.3, -0.25) is 4.31 Å². The Morgan fingerprint density at radius 2 is 1.94 bits per heavy atom. The number of nitrogens with one attached hydrogen (secondary N) is 2. The van der Waals surface area contributed by atoms with E-state index in [0.29, 0.717) is 19.1 Å². The first-order valence-electron chi connectivity index (χ1n) is 10.2. The first kappa shape index (κ1) is 25.7. The Balaban J connectivity index is 0.00000171. The third kappa shape index (κ3) is 5.65. The summed E-state index contributed by atoms with van der Waals surface area (Å²) in [6.45, 7) is 2.14. The average Bonchev–Trinajstić information content (AvgIpc) is 3.15. The minimum Gasteiger partial charge on any atom is -0.496 e. The van der Waals surface area contributed by atoms with Gasteiger partial charge in [-0.15, -0.1) is 24.8 Å². The van der Waals surface area contributed by atoms with Crippen molar-refractivity contribution in [3.8, 4) is 5.75 Å². The fourth-order valence-electron chi connectivity index (χ4n) is 4.46. The van der Waals surface area contributed by atoms with Gasteiger partial charge in [0.25, 0.3) is 0 Å². The largest absolute Gasteiger partial charge is 0.496 e. The van der Waals surface area contributed by atoms with Gasteiger partial charge in [0, 0.05) is 30.7 Å². The summed E-state index contributed by atoms with van der Waals surface area (Å²) in [5, 5.41) is 7.33. The summed E-state index contributed by atoms with van der Waals surface area (Å²) in [5.41, 5.74) is 4.08. The minimum atomic E-state index is -3.27. The maximum atomic E-state index is 12.1. The van der Waals surface area contributed by atoms with Crippen molar-refractivity contribution in [3.05, 3.63) is 59.2 Å². The Labute approximate surface area is 197 Å². The first-order chi connectivity index (χ1) is 14.0. The van der Waals surface area contributed by atoms with E-state index in [1.807, 2.05) is 18.2 Å². The summed E-state index contributed by atoms with van der Waals surface area (Å²) in [6, 6.07) is 15.0. The second-order valence-electron chi connectivity index (χ2n) is 7.85. The van der Waals surface area contributed by atoms with Gasteiger partial charge in [-0.2, -0.15) is 0 Å². The monoisotopic (exact) mass is 487 g/mol. The molecule has 2 aliphatic heterocycles. The van der Waals surface area contributed by atoms with Crippen molar-refractivity contribution in [2.75, 3.05) is 30.8 Å². The van der Waals surface area contributed by atoms with E-state index in [1.54, 1.807) is 7.11 Å². The molecule has 0 aromatic heterocycles. The molecule has 2 N–H and O–H groups in total. The van der Waals surface area contributed by atoms with Gasteiger partial charge >= 0.3 is 0 Å². The summed E-state index contributed by atoms with van der Waals surface area (Å²) < 4.78 is 31.4. The number of sulfonamides is 1. The lowest BCUT2D eigenvalue weighted by Crippen LogP contribution is -2.45. The Bertz CT molecular complexity index is 973. The molecular formula is C22H31Cl2N3O3S. The Hall–Kier alpha value is -1.51. The van der Waals surface area contributed by atoms with E-state index in [4.69, 9.17) is 4.74 Å². The fraction of sp³-hybridized carbons (Fsp3) is 0.455. The van der Waals surface area contributed by atoms with E-state index in [0.717, 1.165) is 48.4 Å². The van der Waals surface area contributed by atoms with Crippen LogP contribution in [0.3, 0.4) is 0 Å². The highest BCUT2D eigenvalue weighted by molar-refractivity contribution is 7.92. The number of hydrogen-bond acceptors (Lipinski definition) is 5. The highest BCUT2D eigenvalue weighted by atomic mass is 35.5. The van der Waals surface area contributed by atoms with Crippen LogP contribution >= 0.6 is 24.8 Å². The zero-order valence-corrected chi connectivity index (χ0v) is 20.3. The average molecular weight is 488 g/mol. The molecule has 2 aromatic carbocycles. The van der Waals surface area contributed by atoms with Gasteiger partial charge in [0.2, 0.25) is 10.0 Å². The van der Waals surface area contributed by atoms with Gasteiger partial charge in [0.1, 0.15) is 5.75 Å². The molecule has 0 amide bonds. The standard InChI is InChI=1S/C22H29N3O3S.2ClH/c1-28-21-14-17-10-12-25(29(2,26)27)20(17)13-18(21)15-24-19-9-6-11-23-22(19)16-7-4-3-5-8-16;;/h3-5,7-8,13-14,19,22-24H,6,9-12,15H2,1-2H3;2*1H/t19-,22-;;/m1../s1. The first-order valence-corrected chi connectivity index (χ1v) is 12.0. The molecule has 0 bridgehead atoms. The van der Waals surface area contributed by atoms with E-state index in [-0.39, 0.29) is 30.9 Å².